The van der Waals surface area contributed by atoms with Gasteiger partial charge in [0, 0.05) is 20.6 Å². The summed E-state index contributed by atoms with van der Waals surface area (Å²) in [7, 11) is 6.23. The van der Waals surface area contributed by atoms with E-state index in [1.54, 1.807) is 0 Å². The van der Waals surface area contributed by atoms with Gasteiger partial charge in [-0.3, -0.25) is 4.57 Å². The molecule has 1 aromatic rings. The first-order valence-electron chi connectivity index (χ1n) is 6.09. The predicted molar refractivity (Wildman–Crippen MR) is 71.9 cm³/mol. The first kappa shape index (κ1) is 12.6. The van der Waals surface area contributed by atoms with E-state index >= 15 is 0 Å². The molecular weight excluding hydrogens is 234 g/mol. The average Bonchev–Trinajstić information content (AvgIpc) is 2.63. The van der Waals surface area contributed by atoms with E-state index in [1.807, 2.05) is 11.6 Å². The molecule has 0 aliphatic carbocycles. The average molecular weight is 255 g/mol. The Morgan fingerprint density at radius 3 is 2.59 bits per heavy atom. The van der Waals surface area contributed by atoms with Crippen LogP contribution >= 0.6 is 12.2 Å². The number of H-pyrrole nitrogens is 1. The fourth-order valence-electron chi connectivity index (χ4n) is 2.39. The maximum Gasteiger partial charge on any atom is 0.225 e. The summed E-state index contributed by atoms with van der Waals surface area (Å²) in [5.74, 6) is 1.69. The van der Waals surface area contributed by atoms with Gasteiger partial charge >= 0.3 is 0 Å². The van der Waals surface area contributed by atoms with Crippen molar-refractivity contribution in [3.8, 4) is 0 Å². The molecule has 1 aliphatic rings. The van der Waals surface area contributed by atoms with Gasteiger partial charge in [-0.2, -0.15) is 0 Å². The number of piperidine rings is 1. The molecule has 0 radical (unpaired) electrons. The second-order valence-corrected chi connectivity index (χ2v) is 5.40. The molecule has 1 fully saturated rings. The van der Waals surface area contributed by atoms with Crippen LogP contribution in [-0.4, -0.2) is 53.4 Å². The largest absolute Gasteiger partial charge is 0.344 e. The minimum atomic E-state index is 0.676. The van der Waals surface area contributed by atoms with Gasteiger partial charge < -0.3 is 9.80 Å². The summed E-state index contributed by atoms with van der Waals surface area (Å²) in [5, 5.41) is 7.08. The first-order chi connectivity index (χ1) is 8.08. The zero-order valence-corrected chi connectivity index (χ0v) is 11.6. The van der Waals surface area contributed by atoms with Crippen molar-refractivity contribution in [3.63, 3.8) is 0 Å². The molecule has 6 heteroatoms. The van der Waals surface area contributed by atoms with Gasteiger partial charge in [-0.05, 0) is 51.1 Å². The van der Waals surface area contributed by atoms with Crippen molar-refractivity contribution in [2.24, 2.45) is 13.0 Å². The Kier molecular flexibility index (Phi) is 3.83. The van der Waals surface area contributed by atoms with E-state index in [0.29, 0.717) is 4.77 Å². The van der Waals surface area contributed by atoms with Crippen LogP contribution in [0.15, 0.2) is 0 Å². The van der Waals surface area contributed by atoms with E-state index in [9.17, 15) is 0 Å². The number of nitrogens with zero attached hydrogens (tertiary/aromatic N) is 4. The van der Waals surface area contributed by atoms with Crippen molar-refractivity contribution in [2.75, 3.05) is 38.6 Å². The zero-order chi connectivity index (χ0) is 12.4. The summed E-state index contributed by atoms with van der Waals surface area (Å²) in [6, 6.07) is 0. The molecular formula is C11H21N5S. The Morgan fingerprint density at radius 2 is 2.06 bits per heavy atom. The smallest absolute Gasteiger partial charge is 0.225 e. The van der Waals surface area contributed by atoms with Crippen LogP contribution in [0.5, 0.6) is 0 Å². The number of rotatable bonds is 3. The lowest BCUT2D eigenvalue weighted by Crippen LogP contribution is -2.36. The standard InChI is InChI=1S/C11H21N5S/c1-14-6-4-9(5-7-14)8-15(2)10-12-13-11(17)16(10)3/h9H,4-8H2,1-3H3,(H,13,17). The lowest BCUT2D eigenvalue weighted by atomic mass is 9.97. The van der Waals surface area contributed by atoms with Gasteiger partial charge in [0.1, 0.15) is 0 Å². The van der Waals surface area contributed by atoms with Crippen LogP contribution in [0.2, 0.25) is 0 Å². The summed E-state index contributed by atoms with van der Waals surface area (Å²) < 4.78 is 2.60. The number of hydrogen-bond donors (Lipinski definition) is 1. The fraction of sp³-hybridized carbons (Fsp3) is 0.818. The molecule has 0 saturated carbocycles. The van der Waals surface area contributed by atoms with Gasteiger partial charge in [0.2, 0.25) is 5.95 Å². The molecule has 17 heavy (non-hydrogen) atoms. The Morgan fingerprint density at radius 1 is 1.41 bits per heavy atom. The van der Waals surface area contributed by atoms with Crippen molar-refractivity contribution in [2.45, 2.75) is 12.8 Å². The molecule has 2 rings (SSSR count). The Labute approximate surface area is 107 Å². The highest BCUT2D eigenvalue weighted by Crippen LogP contribution is 2.19. The van der Waals surface area contributed by atoms with Gasteiger partial charge in [0.05, 0.1) is 0 Å². The number of hydrogen-bond acceptors (Lipinski definition) is 4. The van der Waals surface area contributed by atoms with Gasteiger partial charge in [0.25, 0.3) is 0 Å². The van der Waals surface area contributed by atoms with Crippen LogP contribution in [0.1, 0.15) is 12.8 Å². The molecule has 2 heterocycles. The molecule has 0 unspecified atom stereocenters. The van der Waals surface area contributed by atoms with Crippen molar-refractivity contribution in [3.05, 3.63) is 4.77 Å². The van der Waals surface area contributed by atoms with Crippen molar-refractivity contribution >= 4 is 18.2 Å². The lowest BCUT2D eigenvalue weighted by Gasteiger charge is -2.31. The fourth-order valence-corrected chi connectivity index (χ4v) is 2.52. The Balaban J connectivity index is 1.95. The van der Waals surface area contributed by atoms with Crippen LogP contribution in [0.4, 0.5) is 5.95 Å². The van der Waals surface area contributed by atoms with E-state index in [1.165, 1.54) is 25.9 Å². The zero-order valence-electron chi connectivity index (χ0n) is 10.8. The van der Waals surface area contributed by atoms with Crippen LogP contribution in [0, 0.1) is 10.7 Å². The summed E-state index contributed by atoms with van der Waals surface area (Å²) in [5.41, 5.74) is 0. The molecule has 0 atom stereocenters. The summed E-state index contributed by atoms with van der Waals surface area (Å²) >= 11 is 5.12. The molecule has 0 spiro atoms. The van der Waals surface area contributed by atoms with Crippen molar-refractivity contribution < 1.29 is 0 Å². The molecule has 96 valence electrons. The van der Waals surface area contributed by atoms with Crippen LogP contribution in [-0.2, 0) is 7.05 Å². The summed E-state index contributed by atoms with van der Waals surface area (Å²) in [6.45, 7) is 3.47. The molecule has 0 bridgehead atoms. The van der Waals surface area contributed by atoms with Crippen LogP contribution < -0.4 is 4.90 Å². The maximum atomic E-state index is 5.12. The van der Waals surface area contributed by atoms with Gasteiger partial charge in [0.15, 0.2) is 4.77 Å². The van der Waals surface area contributed by atoms with Crippen LogP contribution in [0.3, 0.4) is 0 Å². The third-order valence-corrected chi connectivity index (χ3v) is 3.93. The third kappa shape index (κ3) is 2.87. The van der Waals surface area contributed by atoms with Crippen LogP contribution in [0.25, 0.3) is 0 Å². The van der Waals surface area contributed by atoms with E-state index in [0.717, 1.165) is 18.4 Å². The molecule has 5 nitrogen and oxygen atoms in total. The summed E-state index contributed by atoms with van der Waals surface area (Å²) in [4.78, 5) is 4.59. The number of nitrogens with one attached hydrogen (secondary N) is 1. The minimum absolute atomic E-state index is 0.676. The van der Waals surface area contributed by atoms with Gasteiger partial charge in [-0.1, -0.05) is 0 Å². The second-order valence-electron chi connectivity index (χ2n) is 5.01. The Hall–Kier alpha value is -0.880. The molecule has 0 aromatic carbocycles. The highest BCUT2D eigenvalue weighted by molar-refractivity contribution is 7.71. The number of aromatic nitrogens is 3. The SMILES string of the molecule is CN1CCC(CN(C)c2n[nH]c(=S)n2C)CC1. The first-order valence-corrected chi connectivity index (χ1v) is 6.50. The number of anilines is 1. The number of likely N-dealkylation sites (tertiary alicyclic amines) is 1. The Bertz CT molecular complexity index is 416. The van der Waals surface area contributed by atoms with E-state index in [4.69, 9.17) is 12.2 Å². The molecule has 1 N–H and O–H groups in total. The monoisotopic (exact) mass is 255 g/mol. The topological polar surface area (TPSA) is 40.1 Å². The van der Waals surface area contributed by atoms with Gasteiger partial charge in [-0.15, -0.1) is 5.10 Å². The van der Waals surface area contributed by atoms with E-state index < -0.39 is 0 Å². The third-order valence-electron chi connectivity index (χ3n) is 3.57. The summed E-state index contributed by atoms with van der Waals surface area (Å²) in [6.07, 6.45) is 2.55. The van der Waals surface area contributed by atoms with Crippen molar-refractivity contribution in [1.29, 1.82) is 0 Å². The lowest BCUT2D eigenvalue weighted by molar-refractivity contribution is 0.222. The maximum absolute atomic E-state index is 5.12. The molecule has 0 amide bonds. The minimum Gasteiger partial charge on any atom is -0.344 e. The molecule has 1 aromatic heterocycles. The normalized spacial score (nSPS) is 18.5. The highest BCUT2D eigenvalue weighted by Gasteiger charge is 2.19. The quantitative estimate of drug-likeness (QED) is 0.825. The predicted octanol–water partition coefficient (Wildman–Crippen LogP) is 1.26. The number of aromatic amines is 1. The van der Waals surface area contributed by atoms with E-state index in [2.05, 4.69) is 34.1 Å². The molecule has 1 saturated heterocycles. The molecule has 1 aliphatic heterocycles. The van der Waals surface area contributed by atoms with Crippen molar-refractivity contribution in [1.82, 2.24) is 19.7 Å². The van der Waals surface area contributed by atoms with E-state index in [-0.39, 0.29) is 0 Å². The highest BCUT2D eigenvalue weighted by atomic mass is 32.1. The van der Waals surface area contributed by atoms with Gasteiger partial charge in [-0.25, -0.2) is 5.10 Å². The second kappa shape index (κ2) is 5.18.